The lowest BCUT2D eigenvalue weighted by atomic mass is 10.0. The molecule has 9 heteroatoms. The van der Waals surface area contributed by atoms with Gasteiger partial charge in [-0.05, 0) is 42.1 Å². The normalized spacial score (nSPS) is 11.4. The van der Waals surface area contributed by atoms with Gasteiger partial charge >= 0.3 is 0 Å². The molecular weight excluding hydrogens is 413 g/mol. The van der Waals surface area contributed by atoms with Gasteiger partial charge in [-0.1, -0.05) is 29.3 Å². The van der Waals surface area contributed by atoms with Crippen LogP contribution in [0.5, 0.6) is 0 Å². The molecule has 0 radical (unpaired) electrons. The molecule has 0 aliphatic rings. The smallest absolute Gasteiger partial charge is 0.258 e. The molecule has 0 atom stereocenters. The standard InChI is InChI=1S/C20H13Cl2N5O2/c1-9-5-14-18(27-20(25-14)26-17-11(21)3-2-4-12(17)22)16-10(9)6-13(24-19(16)28)15-7-23-8-29-15/h2-8H,1H3,(H,24,28)(H2,25,26,27). The second kappa shape index (κ2) is 6.65. The molecule has 0 aliphatic heterocycles. The number of imidazole rings is 1. The van der Waals surface area contributed by atoms with E-state index in [-0.39, 0.29) is 5.56 Å². The third kappa shape index (κ3) is 2.95. The highest BCUT2D eigenvalue weighted by Crippen LogP contribution is 2.33. The number of nitrogens with zero attached hydrogens (tertiary/aromatic N) is 2. The minimum atomic E-state index is -0.267. The van der Waals surface area contributed by atoms with Crippen LogP contribution in [0.2, 0.25) is 10.0 Å². The highest BCUT2D eigenvalue weighted by molar-refractivity contribution is 6.39. The number of oxazole rings is 1. The number of hydrogen-bond acceptors (Lipinski definition) is 5. The van der Waals surface area contributed by atoms with Gasteiger partial charge in [0.05, 0.1) is 38.5 Å². The molecule has 144 valence electrons. The molecule has 7 nitrogen and oxygen atoms in total. The van der Waals surface area contributed by atoms with Crippen molar-refractivity contribution in [2.24, 2.45) is 0 Å². The van der Waals surface area contributed by atoms with E-state index in [9.17, 15) is 4.79 Å². The van der Waals surface area contributed by atoms with Crippen molar-refractivity contribution in [3.8, 4) is 11.5 Å². The fourth-order valence-corrected chi connectivity index (χ4v) is 3.85. The summed E-state index contributed by atoms with van der Waals surface area (Å²) in [5.41, 5.74) is 3.01. The van der Waals surface area contributed by atoms with Crippen LogP contribution in [-0.2, 0) is 0 Å². The summed E-state index contributed by atoms with van der Waals surface area (Å²) in [6.45, 7) is 1.93. The molecular formula is C20H13Cl2N5O2. The molecule has 0 fully saturated rings. The van der Waals surface area contributed by atoms with Gasteiger partial charge in [-0.3, -0.25) is 4.79 Å². The van der Waals surface area contributed by atoms with Gasteiger partial charge in [-0.25, -0.2) is 9.97 Å². The summed E-state index contributed by atoms with van der Waals surface area (Å²) in [6.07, 6.45) is 2.87. The van der Waals surface area contributed by atoms with Gasteiger partial charge in [-0.2, -0.15) is 0 Å². The third-order valence-electron chi connectivity index (χ3n) is 4.69. The number of para-hydroxylation sites is 1. The molecule has 0 aliphatic carbocycles. The lowest BCUT2D eigenvalue weighted by Crippen LogP contribution is -2.08. The summed E-state index contributed by atoms with van der Waals surface area (Å²) in [5.74, 6) is 0.918. The molecule has 0 amide bonds. The summed E-state index contributed by atoms with van der Waals surface area (Å²) in [7, 11) is 0. The van der Waals surface area contributed by atoms with Crippen LogP contribution in [0.15, 0.2) is 52.1 Å². The Kier molecular flexibility index (Phi) is 4.08. The van der Waals surface area contributed by atoms with E-state index >= 15 is 0 Å². The molecule has 0 unspecified atom stereocenters. The van der Waals surface area contributed by atoms with Crippen LogP contribution in [0.4, 0.5) is 11.6 Å². The van der Waals surface area contributed by atoms with Crippen molar-refractivity contribution >= 4 is 56.6 Å². The fourth-order valence-electron chi connectivity index (χ4n) is 3.36. The number of rotatable bonds is 3. The molecule has 5 rings (SSSR count). The van der Waals surface area contributed by atoms with Gasteiger partial charge < -0.3 is 19.7 Å². The molecule has 3 heterocycles. The predicted molar refractivity (Wildman–Crippen MR) is 114 cm³/mol. The Hall–Kier alpha value is -3.29. The van der Waals surface area contributed by atoms with Gasteiger partial charge in [0.1, 0.15) is 5.52 Å². The van der Waals surface area contributed by atoms with Crippen LogP contribution >= 0.6 is 23.2 Å². The van der Waals surface area contributed by atoms with E-state index < -0.39 is 0 Å². The zero-order valence-electron chi connectivity index (χ0n) is 15.0. The summed E-state index contributed by atoms with van der Waals surface area (Å²) in [6, 6.07) is 9.02. The Morgan fingerprint density at radius 2 is 1.93 bits per heavy atom. The maximum atomic E-state index is 12.9. The first-order chi connectivity index (χ1) is 14.0. The van der Waals surface area contributed by atoms with Crippen LogP contribution < -0.4 is 10.9 Å². The summed E-state index contributed by atoms with van der Waals surface area (Å²) < 4.78 is 5.31. The van der Waals surface area contributed by atoms with Gasteiger partial charge in [0, 0.05) is 0 Å². The Morgan fingerprint density at radius 1 is 1.14 bits per heavy atom. The maximum absolute atomic E-state index is 12.9. The Labute approximate surface area is 173 Å². The van der Waals surface area contributed by atoms with E-state index in [1.165, 1.54) is 6.39 Å². The van der Waals surface area contributed by atoms with Crippen LogP contribution in [0.25, 0.3) is 33.3 Å². The molecule has 2 aromatic carbocycles. The number of aromatic nitrogens is 4. The average molecular weight is 426 g/mol. The first-order valence-electron chi connectivity index (χ1n) is 8.67. The number of H-pyrrole nitrogens is 2. The molecule has 3 aromatic heterocycles. The van der Waals surface area contributed by atoms with Crippen molar-refractivity contribution in [3.05, 3.63) is 68.9 Å². The Morgan fingerprint density at radius 3 is 2.66 bits per heavy atom. The van der Waals surface area contributed by atoms with Gasteiger partial charge in [-0.15, -0.1) is 0 Å². The lowest BCUT2D eigenvalue weighted by molar-refractivity contribution is 0.570. The average Bonchev–Trinajstić information content (AvgIpc) is 3.34. The minimum absolute atomic E-state index is 0.267. The van der Waals surface area contributed by atoms with Crippen LogP contribution in [-0.4, -0.2) is 19.9 Å². The largest absolute Gasteiger partial charge is 0.442 e. The summed E-state index contributed by atoms with van der Waals surface area (Å²) >= 11 is 12.5. The number of pyridine rings is 1. The molecule has 0 spiro atoms. The second-order valence-electron chi connectivity index (χ2n) is 6.56. The second-order valence-corrected chi connectivity index (χ2v) is 7.38. The molecule has 29 heavy (non-hydrogen) atoms. The molecule has 0 saturated heterocycles. The number of halogens is 2. The van der Waals surface area contributed by atoms with Crippen molar-refractivity contribution in [2.75, 3.05) is 5.32 Å². The van der Waals surface area contributed by atoms with Gasteiger partial charge in [0.25, 0.3) is 5.56 Å². The Balaban J connectivity index is 1.70. The van der Waals surface area contributed by atoms with E-state index in [0.29, 0.717) is 44.0 Å². The van der Waals surface area contributed by atoms with E-state index in [2.05, 4.69) is 25.3 Å². The maximum Gasteiger partial charge on any atom is 0.258 e. The number of aromatic amines is 2. The van der Waals surface area contributed by atoms with Crippen molar-refractivity contribution in [1.82, 2.24) is 19.9 Å². The van der Waals surface area contributed by atoms with Gasteiger partial charge in [0.2, 0.25) is 5.95 Å². The van der Waals surface area contributed by atoms with Crippen molar-refractivity contribution < 1.29 is 4.42 Å². The molecule has 5 aromatic rings. The SMILES string of the molecule is Cc1cc2[nH]c(Nc3c(Cl)cccc3Cl)nc2c2c(=O)[nH]c(-c3cnco3)cc12. The quantitative estimate of drug-likeness (QED) is 0.358. The number of hydrogen-bond donors (Lipinski definition) is 3. The first kappa shape index (κ1) is 17.8. The van der Waals surface area contributed by atoms with Crippen molar-refractivity contribution in [1.29, 1.82) is 0 Å². The van der Waals surface area contributed by atoms with E-state index in [1.807, 2.05) is 19.1 Å². The van der Waals surface area contributed by atoms with Gasteiger partial charge in [0.15, 0.2) is 12.2 Å². The monoisotopic (exact) mass is 425 g/mol. The minimum Gasteiger partial charge on any atom is -0.442 e. The van der Waals surface area contributed by atoms with Crippen LogP contribution in [0.3, 0.4) is 0 Å². The highest BCUT2D eigenvalue weighted by atomic mass is 35.5. The fraction of sp³-hybridized carbons (Fsp3) is 0.0500. The number of nitrogens with one attached hydrogen (secondary N) is 3. The number of benzene rings is 2. The Bertz CT molecular complexity index is 1420. The van der Waals surface area contributed by atoms with E-state index in [4.69, 9.17) is 27.6 Å². The number of fused-ring (bicyclic) bond motifs is 3. The van der Waals surface area contributed by atoms with E-state index in [1.54, 1.807) is 24.4 Å². The third-order valence-corrected chi connectivity index (χ3v) is 5.32. The molecule has 0 bridgehead atoms. The topological polar surface area (TPSA) is 99.6 Å². The molecule has 3 N–H and O–H groups in total. The highest BCUT2D eigenvalue weighted by Gasteiger charge is 2.16. The van der Waals surface area contributed by atoms with Crippen molar-refractivity contribution in [3.63, 3.8) is 0 Å². The predicted octanol–water partition coefficient (Wildman–Crippen LogP) is 5.42. The van der Waals surface area contributed by atoms with Crippen LogP contribution in [0, 0.1) is 6.92 Å². The zero-order valence-corrected chi connectivity index (χ0v) is 16.5. The lowest BCUT2D eigenvalue weighted by Gasteiger charge is -2.06. The van der Waals surface area contributed by atoms with E-state index in [0.717, 1.165) is 16.5 Å². The first-order valence-corrected chi connectivity index (χ1v) is 9.43. The number of aryl methyl sites for hydroxylation is 1. The summed E-state index contributed by atoms with van der Waals surface area (Å²) in [4.78, 5) is 27.4. The van der Waals surface area contributed by atoms with Crippen LogP contribution in [0.1, 0.15) is 5.56 Å². The zero-order chi connectivity index (χ0) is 20.1. The van der Waals surface area contributed by atoms with Crippen molar-refractivity contribution in [2.45, 2.75) is 6.92 Å². The molecule has 0 saturated carbocycles. The number of anilines is 2. The summed E-state index contributed by atoms with van der Waals surface area (Å²) in [5, 5.41) is 5.30.